The fourth-order valence-corrected chi connectivity index (χ4v) is 4.54. The van der Waals surface area contributed by atoms with Crippen LogP contribution in [0.4, 0.5) is 5.95 Å². The minimum absolute atomic E-state index is 0.172. The van der Waals surface area contributed by atoms with Gasteiger partial charge in [0.05, 0.1) is 12.8 Å². The Morgan fingerprint density at radius 2 is 1.69 bits per heavy atom. The Morgan fingerprint density at radius 3 is 2.47 bits per heavy atom. The van der Waals surface area contributed by atoms with Crippen LogP contribution in [0.3, 0.4) is 0 Å². The highest BCUT2D eigenvalue weighted by Gasteiger charge is 2.40. The lowest BCUT2D eigenvalue weighted by Crippen LogP contribution is -2.32. The molecule has 0 saturated carbocycles. The summed E-state index contributed by atoms with van der Waals surface area (Å²) in [6, 6.07) is 24.6. The lowest BCUT2D eigenvalue weighted by molar-refractivity contribution is 0.223. The van der Waals surface area contributed by atoms with E-state index in [9.17, 15) is 0 Å². The molecule has 1 aromatic heterocycles. The van der Waals surface area contributed by atoms with Gasteiger partial charge in [-0.2, -0.15) is 10.1 Å². The maximum atomic E-state index is 6.63. The molecule has 0 bridgehead atoms. The number of benzene rings is 3. The van der Waals surface area contributed by atoms with E-state index in [-0.39, 0.29) is 12.1 Å². The number of hydrogen-bond acceptors (Lipinski definition) is 5. The molecule has 6 heteroatoms. The Balaban J connectivity index is 1.60. The summed E-state index contributed by atoms with van der Waals surface area (Å²) in [5, 5.41) is 8.10. The van der Waals surface area contributed by atoms with Gasteiger partial charge in [-0.15, -0.1) is 0 Å². The molecule has 2 aliphatic rings. The number of fused-ring (bicyclic) bond motifs is 3. The van der Waals surface area contributed by atoms with Crippen molar-refractivity contribution in [1.82, 2.24) is 14.8 Å². The lowest BCUT2D eigenvalue weighted by atomic mass is 9.84. The molecule has 0 aliphatic carbocycles. The van der Waals surface area contributed by atoms with Crippen LogP contribution in [0, 0.1) is 6.92 Å². The van der Waals surface area contributed by atoms with E-state index >= 15 is 0 Å². The molecule has 1 N–H and O–H groups in total. The van der Waals surface area contributed by atoms with Crippen LogP contribution in [0.25, 0.3) is 5.70 Å². The van der Waals surface area contributed by atoms with Crippen LogP contribution in [0.15, 0.2) is 84.7 Å². The predicted molar refractivity (Wildman–Crippen MR) is 123 cm³/mol. The molecule has 4 aromatic rings. The first-order valence-corrected chi connectivity index (χ1v) is 10.6. The quantitative estimate of drug-likeness (QED) is 0.494. The number of aryl methyl sites for hydroxylation is 1. The molecule has 0 saturated heterocycles. The summed E-state index contributed by atoms with van der Waals surface area (Å²) in [6.45, 7) is 2.09. The molecule has 32 heavy (non-hydrogen) atoms. The number of methoxy groups -OCH3 is 1. The third kappa shape index (κ3) is 2.87. The van der Waals surface area contributed by atoms with Gasteiger partial charge < -0.3 is 14.8 Å². The highest BCUT2D eigenvalue weighted by atomic mass is 16.5. The van der Waals surface area contributed by atoms with E-state index in [1.165, 1.54) is 5.56 Å². The monoisotopic (exact) mass is 422 g/mol. The average Bonchev–Trinajstić information content (AvgIpc) is 3.31. The number of anilines is 1. The molecule has 2 atom stereocenters. The van der Waals surface area contributed by atoms with Gasteiger partial charge in [0.25, 0.3) is 0 Å². The van der Waals surface area contributed by atoms with E-state index in [1.807, 2.05) is 35.0 Å². The number of ether oxygens (including phenoxy) is 2. The van der Waals surface area contributed by atoms with Gasteiger partial charge in [-0.05, 0) is 42.3 Å². The average molecular weight is 422 g/mol. The van der Waals surface area contributed by atoms with E-state index in [4.69, 9.17) is 9.47 Å². The highest BCUT2D eigenvalue weighted by Crippen LogP contribution is 2.50. The van der Waals surface area contributed by atoms with Crippen molar-refractivity contribution in [2.75, 3.05) is 12.4 Å². The number of para-hydroxylation sites is 1. The van der Waals surface area contributed by atoms with Gasteiger partial charge in [0, 0.05) is 11.1 Å². The molecule has 2 unspecified atom stereocenters. The molecule has 0 radical (unpaired) electrons. The first kappa shape index (κ1) is 18.7. The van der Waals surface area contributed by atoms with Crippen molar-refractivity contribution in [2.45, 2.75) is 19.1 Å². The van der Waals surface area contributed by atoms with Crippen LogP contribution < -0.4 is 14.8 Å². The van der Waals surface area contributed by atoms with Crippen LogP contribution in [0.1, 0.15) is 34.4 Å². The largest absolute Gasteiger partial charge is 0.497 e. The van der Waals surface area contributed by atoms with E-state index in [1.54, 1.807) is 13.4 Å². The third-order valence-corrected chi connectivity index (χ3v) is 6.13. The Bertz CT molecular complexity index is 1320. The number of aromatic nitrogens is 3. The van der Waals surface area contributed by atoms with Gasteiger partial charge in [-0.1, -0.05) is 54.1 Å². The van der Waals surface area contributed by atoms with Gasteiger partial charge in [-0.3, -0.25) is 0 Å². The number of hydrogen-bond donors (Lipinski definition) is 1. The van der Waals surface area contributed by atoms with E-state index in [0.717, 1.165) is 39.5 Å². The van der Waals surface area contributed by atoms with Crippen molar-refractivity contribution in [3.63, 3.8) is 0 Å². The summed E-state index contributed by atoms with van der Waals surface area (Å²) < 4.78 is 13.9. The van der Waals surface area contributed by atoms with Gasteiger partial charge in [0.2, 0.25) is 5.95 Å². The zero-order chi connectivity index (χ0) is 21.7. The van der Waals surface area contributed by atoms with Gasteiger partial charge >= 0.3 is 0 Å². The highest BCUT2D eigenvalue weighted by molar-refractivity contribution is 5.85. The first-order valence-electron chi connectivity index (χ1n) is 10.6. The van der Waals surface area contributed by atoms with E-state index in [0.29, 0.717) is 5.95 Å². The molecule has 158 valence electrons. The normalized spacial score (nSPS) is 18.7. The van der Waals surface area contributed by atoms with E-state index in [2.05, 4.69) is 64.8 Å². The molecular weight excluding hydrogens is 400 g/mol. The fourth-order valence-electron chi connectivity index (χ4n) is 4.54. The summed E-state index contributed by atoms with van der Waals surface area (Å²) in [5.41, 5.74) is 6.56. The predicted octanol–water partition coefficient (Wildman–Crippen LogP) is 5.16. The second-order valence-corrected chi connectivity index (χ2v) is 8.06. The van der Waals surface area contributed by atoms with Crippen LogP contribution in [0.5, 0.6) is 11.5 Å². The molecule has 0 spiro atoms. The second kappa shape index (κ2) is 7.27. The maximum absolute atomic E-state index is 6.63. The topological polar surface area (TPSA) is 61.2 Å². The summed E-state index contributed by atoms with van der Waals surface area (Å²) in [7, 11) is 1.68. The zero-order valence-electron chi connectivity index (χ0n) is 17.8. The molecule has 2 aliphatic heterocycles. The van der Waals surface area contributed by atoms with Crippen molar-refractivity contribution in [3.8, 4) is 11.5 Å². The first-order chi connectivity index (χ1) is 15.7. The Kier molecular flexibility index (Phi) is 4.24. The van der Waals surface area contributed by atoms with Crippen LogP contribution in [-0.2, 0) is 0 Å². The molecule has 6 nitrogen and oxygen atoms in total. The lowest BCUT2D eigenvalue weighted by Gasteiger charge is -2.39. The molecule has 6 rings (SSSR count). The van der Waals surface area contributed by atoms with Gasteiger partial charge in [-0.25, -0.2) is 4.68 Å². The Labute approximate surface area is 186 Å². The molecule has 0 amide bonds. The summed E-state index contributed by atoms with van der Waals surface area (Å²) in [5.74, 6) is 2.38. The second-order valence-electron chi connectivity index (χ2n) is 8.06. The maximum Gasteiger partial charge on any atom is 0.226 e. The Hall–Kier alpha value is -4.06. The number of nitrogens with one attached hydrogen (secondary N) is 1. The van der Waals surface area contributed by atoms with E-state index < -0.39 is 0 Å². The minimum Gasteiger partial charge on any atom is -0.497 e. The molecular formula is C26H22N4O2. The van der Waals surface area contributed by atoms with Crippen molar-refractivity contribution in [3.05, 3.63) is 107 Å². The fraction of sp³-hybridized carbons (Fsp3) is 0.154. The van der Waals surface area contributed by atoms with Crippen molar-refractivity contribution in [1.29, 1.82) is 0 Å². The minimum atomic E-state index is -0.266. The smallest absolute Gasteiger partial charge is 0.226 e. The van der Waals surface area contributed by atoms with Gasteiger partial charge in [0.1, 0.15) is 30.0 Å². The SMILES string of the molecule is COc1ccc(C2C3=C(Nc4ncnn42)c2ccccc2OC3c2ccc(C)cc2)cc1. The van der Waals surface area contributed by atoms with Crippen molar-refractivity contribution >= 4 is 11.6 Å². The Morgan fingerprint density at radius 1 is 0.938 bits per heavy atom. The standard InChI is InChI=1S/C26H22N4O2/c1-16-7-9-18(10-8-16)25-22-23(20-5-3-4-6-21(20)32-25)29-26-27-15-28-30(26)24(22)17-11-13-19(31-2)14-12-17/h3-15,24-25H,1-2H3,(H,27,28,29). The number of rotatable bonds is 3. The van der Waals surface area contributed by atoms with Crippen molar-refractivity contribution in [2.24, 2.45) is 0 Å². The molecule has 3 heterocycles. The molecule has 3 aromatic carbocycles. The summed E-state index contributed by atoms with van der Waals surface area (Å²) in [4.78, 5) is 4.48. The number of nitrogens with zero attached hydrogens (tertiary/aromatic N) is 3. The van der Waals surface area contributed by atoms with Gasteiger partial charge in [0.15, 0.2) is 0 Å². The zero-order valence-corrected chi connectivity index (χ0v) is 17.8. The van der Waals surface area contributed by atoms with Crippen molar-refractivity contribution < 1.29 is 9.47 Å². The molecule has 0 fully saturated rings. The van der Waals surface area contributed by atoms with Crippen LogP contribution in [0.2, 0.25) is 0 Å². The third-order valence-electron chi connectivity index (χ3n) is 6.13. The summed E-state index contributed by atoms with van der Waals surface area (Å²) in [6.07, 6.45) is 1.32. The summed E-state index contributed by atoms with van der Waals surface area (Å²) >= 11 is 0. The van der Waals surface area contributed by atoms with Crippen LogP contribution >= 0.6 is 0 Å². The van der Waals surface area contributed by atoms with Crippen LogP contribution in [-0.4, -0.2) is 21.9 Å².